The number of carbonyl (C=O) groups is 1. The molecule has 1 saturated heterocycles. The molecule has 0 radical (unpaired) electrons. The fourth-order valence-corrected chi connectivity index (χ4v) is 2.45. The van der Waals surface area contributed by atoms with E-state index in [0.29, 0.717) is 5.75 Å². The smallest absolute Gasteiger partial charge is 0.267 e. The van der Waals surface area contributed by atoms with E-state index >= 15 is 0 Å². The molecule has 0 unspecified atom stereocenters. The first kappa shape index (κ1) is 13.4. The molecule has 1 aromatic heterocycles. The Morgan fingerprint density at radius 1 is 1.10 bits per heavy atom. The van der Waals surface area contributed by atoms with Gasteiger partial charge in [-0.05, 0) is 43.2 Å². The summed E-state index contributed by atoms with van der Waals surface area (Å²) in [5.74, 6) is 0.706. The Labute approximate surface area is 123 Å². The molecule has 0 bridgehead atoms. The van der Waals surface area contributed by atoms with Crippen molar-refractivity contribution in [1.29, 1.82) is 0 Å². The van der Waals surface area contributed by atoms with Gasteiger partial charge in [0, 0.05) is 31.0 Å². The van der Waals surface area contributed by atoms with Gasteiger partial charge in [0.15, 0.2) is 0 Å². The maximum absolute atomic E-state index is 11.1. The number of nitrogens with zero attached hydrogens (tertiary/aromatic N) is 2. The van der Waals surface area contributed by atoms with Crippen LogP contribution in [0.4, 0.5) is 5.69 Å². The number of primary amides is 1. The number of rotatable bonds is 4. The fourth-order valence-electron chi connectivity index (χ4n) is 2.45. The highest BCUT2D eigenvalue weighted by Gasteiger charge is 2.12. The normalized spacial score (nSPS) is 14.2. The van der Waals surface area contributed by atoms with Crippen molar-refractivity contribution in [3.8, 4) is 11.5 Å². The van der Waals surface area contributed by atoms with E-state index in [9.17, 15) is 4.79 Å². The topological polar surface area (TPSA) is 68.5 Å². The monoisotopic (exact) mass is 283 g/mol. The zero-order chi connectivity index (χ0) is 14.7. The minimum atomic E-state index is -0.565. The lowest BCUT2D eigenvalue weighted by atomic mass is 10.2. The number of amides is 1. The average molecular weight is 283 g/mol. The van der Waals surface area contributed by atoms with E-state index in [0.717, 1.165) is 18.8 Å². The van der Waals surface area contributed by atoms with E-state index in [2.05, 4.69) is 22.0 Å². The van der Waals surface area contributed by atoms with Crippen molar-refractivity contribution >= 4 is 11.6 Å². The molecule has 0 atom stereocenters. The number of carbonyl (C=O) groups excluding carboxylic acids is 1. The van der Waals surface area contributed by atoms with E-state index in [-0.39, 0.29) is 5.69 Å². The lowest BCUT2D eigenvalue weighted by Crippen LogP contribution is -2.17. The van der Waals surface area contributed by atoms with Gasteiger partial charge in [0.1, 0.15) is 17.2 Å². The third kappa shape index (κ3) is 3.13. The highest BCUT2D eigenvalue weighted by Crippen LogP contribution is 2.26. The third-order valence-electron chi connectivity index (χ3n) is 3.53. The lowest BCUT2D eigenvalue weighted by molar-refractivity contribution is 0.0995. The van der Waals surface area contributed by atoms with E-state index < -0.39 is 5.91 Å². The Hall–Kier alpha value is -2.56. The molecule has 1 amide bonds. The summed E-state index contributed by atoms with van der Waals surface area (Å²) in [5, 5.41) is 0. The van der Waals surface area contributed by atoms with E-state index in [1.807, 2.05) is 12.1 Å². The van der Waals surface area contributed by atoms with Gasteiger partial charge in [-0.2, -0.15) is 0 Å². The molecule has 1 aliphatic heterocycles. The van der Waals surface area contributed by atoms with Crippen LogP contribution in [-0.4, -0.2) is 24.0 Å². The summed E-state index contributed by atoms with van der Waals surface area (Å²) < 4.78 is 5.72. The van der Waals surface area contributed by atoms with Gasteiger partial charge in [-0.1, -0.05) is 0 Å². The van der Waals surface area contributed by atoms with Gasteiger partial charge < -0.3 is 15.4 Å². The molecule has 1 aliphatic rings. The largest absolute Gasteiger partial charge is 0.457 e. The van der Waals surface area contributed by atoms with Crippen LogP contribution in [0.5, 0.6) is 11.5 Å². The van der Waals surface area contributed by atoms with Crippen LogP contribution in [0, 0.1) is 0 Å². The zero-order valence-corrected chi connectivity index (χ0v) is 11.7. The Morgan fingerprint density at radius 2 is 1.81 bits per heavy atom. The van der Waals surface area contributed by atoms with Gasteiger partial charge in [-0.3, -0.25) is 9.78 Å². The molecule has 2 heterocycles. The summed E-state index contributed by atoms with van der Waals surface area (Å²) in [7, 11) is 0. The number of hydrogen-bond donors (Lipinski definition) is 1. The van der Waals surface area contributed by atoms with Crippen molar-refractivity contribution in [1.82, 2.24) is 4.98 Å². The molecule has 1 aromatic carbocycles. The number of anilines is 1. The highest BCUT2D eigenvalue weighted by atomic mass is 16.5. The van der Waals surface area contributed by atoms with Gasteiger partial charge in [0.2, 0.25) is 0 Å². The van der Waals surface area contributed by atoms with E-state index in [4.69, 9.17) is 10.5 Å². The second-order valence-corrected chi connectivity index (χ2v) is 5.03. The Bertz CT molecular complexity index is 634. The summed E-state index contributed by atoms with van der Waals surface area (Å²) >= 11 is 0. The van der Waals surface area contributed by atoms with Crippen LogP contribution in [0.2, 0.25) is 0 Å². The molecule has 5 nitrogen and oxygen atoms in total. The molecule has 108 valence electrons. The first-order valence-corrected chi connectivity index (χ1v) is 7.01. The van der Waals surface area contributed by atoms with Gasteiger partial charge in [-0.25, -0.2) is 0 Å². The average Bonchev–Trinajstić information content (AvgIpc) is 3.02. The van der Waals surface area contributed by atoms with Gasteiger partial charge in [0.05, 0.1) is 0 Å². The maximum atomic E-state index is 11.1. The zero-order valence-electron chi connectivity index (χ0n) is 11.7. The van der Waals surface area contributed by atoms with Gasteiger partial charge in [-0.15, -0.1) is 0 Å². The minimum absolute atomic E-state index is 0.196. The molecular weight excluding hydrogens is 266 g/mol. The second kappa shape index (κ2) is 5.83. The summed E-state index contributed by atoms with van der Waals surface area (Å²) in [6.07, 6.45) is 4.02. The highest BCUT2D eigenvalue weighted by molar-refractivity contribution is 5.91. The number of pyridine rings is 1. The fraction of sp³-hybridized carbons (Fsp3) is 0.250. The molecule has 0 saturated carbocycles. The Kier molecular flexibility index (Phi) is 3.73. The molecule has 2 aromatic rings. The summed E-state index contributed by atoms with van der Waals surface area (Å²) in [6, 6.07) is 11.2. The van der Waals surface area contributed by atoms with Crippen LogP contribution in [0.25, 0.3) is 0 Å². The van der Waals surface area contributed by atoms with Crippen LogP contribution in [0.15, 0.2) is 42.6 Å². The molecule has 2 N–H and O–H groups in total. The predicted octanol–water partition coefficient (Wildman–Crippen LogP) is 2.57. The number of hydrogen-bond acceptors (Lipinski definition) is 4. The predicted molar refractivity (Wildman–Crippen MR) is 80.7 cm³/mol. The number of nitrogens with two attached hydrogens (primary N) is 1. The Morgan fingerprint density at radius 3 is 2.48 bits per heavy atom. The number of benzene rings is 1. The third-order valence-corrected chi connectivity index (χ3v) is 3.53. The standard InChI is InChI=1S/C16H17N3O2/c17-16(20)15-11-14(7-8-18-15)21-13-5-3-12(4-6-13)19-9-1-2-10-19/h3-8,11H,1-2,9-10H2,(H2,17,20). The SMILES string of the molecule is NC(=O)c1cc(Oc2ccc(N3CCCC3)cc2)ccn1. The molecule has 0 spiro atoms. The van der Waals surface area contributed by atoms with Crippen LogP contribution < -0.4 is 15.4 Å². The molecule has 0 aliphatic carbocycles. The summed E-state index contributed by atoms with van der Waals surface area (Å²) in [5.41, 5.74) is 6.61. The van der Waals surface area contributed by atoms with Crippen molar-refractivity contribution in [2.24, 2.45) is 5.73 Å². The van der Waals surface area contributed by atoms with Crippen molar-refractivity contribution in [2.45, 2.75) is 12.8 Å². The van der Waals surface area contributed by atoms with Gasteiger partial charge >= 0.3 is 0 Å². The van der Waals surface area contributed by atoms with Crippen molar-refractivity contribution < 1.29 is 9.53 Å². The van der Waals surface area contributed by atoms with E-state index in [1.165, 1.54) is 30.8 Å². The molecule has 3 rings (SSSR count). The molecule has 1 fully saturated rings. The van der Waals surface area contributed by atoms with Gasteiger partial charge in [0.25, 0.3) is 5.91 Å². The van der Waals surface area contributed by atoms with Crippen molar-refractivity contribution in [3.05, 3.63) is 48.3 Å². The summed E-state index contributed by atoms with van der Waals surface area (Å²) in [4.78, 5) is 17.3. The van der Waals surface area contributed by atoms with Crippen LogP contribution >= 0.6 is 0 Å². The van der Waals surface area contributed by atoms with E-state index in [1.54, 1.807) is 6.07 Å². The van der Waals surface area contributed by atoms with Crippen LogP contribution in [0.1, 0.15) is 23.3 Å². The van der Waals surface area contributed by atoms with Crippen LogP contribution in [0.3, 0.4) is 0 Å². The summed E-state index contributed by atoms with van der Waals surface area (Å²) in [6.45, 7) is 2.24. The number of ether oxygens (including phenoxy) is 1. The lowest BCUT2D eigenvalue weighted by Gasteiger charge is -2.17. The molecular formula is C16H17N3O2. The maximum Gasteiger partial charge on any atom is 0.267 e. The van der Waals surface area contributed by atoms with Crippen LogP contribution in [-0.2, 0) is 0 Å². The Balaban J connectivity index is 1.72. The first-order valence-electron chi connectivity index (χ1n) is 7.01. The van der Waals surface area contributed by atoms with Crippen molar-refractivity contribution in [2.75, 3.05) is 18.0 Å². The number of aromatic nitrogens is 1. The quantitative estimate of drug-likeness (QED) is 0.936. The second-order valence-electron chi connectivity index (χ2n) is 5.03. The minimum Gasteiger partial charge on any atom is -0.457 e. The first-order chi connectivity index (χ1) is 10.2. The van der Waals surface area contributed by atoms with Crippen molar-refractivity contribution in [3.63, 3.8) is 0 Å². The molecule has 21 heavy (non-hydrogen) atoms. The molecule has 5 heteroatoms.